The van der Waals surface area contributed by atoms with Gasteiger partial charge in [0.15, 0.2) is 17.2 Å². The Morgan fingerprint density at radius 3 is 2.29 bits per heavy atom. The summed E-state index contributed by atoms with van der Waals surface area (Å²) in [6.07, 6.45) is -6.96. The summed E-state index contributed by atoms with van der Waals surface area (Å²) in [5, 5.41) is 34.7. The molecule has 0 radical (unpaired) electrons. The van der Waals surface area contributed by atoms with E-state index in [1.165, 1.54) is 0 Å². The minimum Gasteiger partial charge on any atom is -0.790 e. The molecule has 2 aromatic rings. The highest BCUT2D eigenvalue weighted by atomic mass is 31.3. The normalized spacial score (nSPS) is 23.1. The van der Waals surface area contributed by atoms with Gasteiger partial charge in [-0.3, -0.25) is 32.9 Å². The van der Waals surface area contributed by atoms with Crippen molar-refractivity contribution < 1.29 is 90.4 Å². The summed E-state index contributed by atoms with van der Waals surface area (Å²) in [7, 11) is -17.7. The molecular formula is C26H38N7O19P3-4. The van der Waals surface area contributed by atoms with E-state index in [2.05, 4.69) is 43.5 Å². The second-order valence-corrected chi connectivity index (χ2v) is 16.8. The zero-order valence-corrected chi connectivity index (χ0v) is 31.9. The zero-order chi connectivity index (χ0) is 41.6. The molecule has 26 nitrogen and oxygen atoms in total. The Kier molecular flexibility index (Phi) is 15.3. The van der Waals surface area contributed by atoms with Crippen LogP contribution in [-0.2, 0) is 61.2 Å². The Morgan fingerprint density at radius 2 is 1.65 bits per heavy atom. The topological polar surface area (TPSA) is 412 Å². The van der Waals surface area contributed by atoms with Crippen LogP contribution in [0, 0.1) is 5.41 Å². The van der Waals surface area contributed by atoms with Gasteiger partial charge in [-0.05, 0) is 6.92 Å². The number of imidazole rings is 1. The number of rotatable bonds is 22. The first-order chi connectivity index (χ1) is 25.3. The van der Waals surface area contributed by atoms with Crippen molar-refractivity contribution in [3.8, 4) is 0 Å². The van der Waals surface area contributed by atoms with Crippen LogP contribution in [0.5, 0.6) is 0 Å². The summed E-state index contributed by atoms with van der Waals surface area (Å²) in [6, 6.07) is 0. The monoisotopic (exact) mass is 845 g/mol. The van der Waals surface area contributed by atoms with Crippen molar-refractivity contribution in [3.63, 3.8) is 0 Å². The van der Waals surface area contributed by atoms with Gasteiger partial charge in [0, 0.05) is 37.8 Å². The Hall–Kier alpha value is -3.32. The van der Waals surface area contributed by atoms with Gasteiger partial charge in [-0.2, -0.15) is 0 Å². The molecule has 1 aliphatic heterocycles. The number of phosphoric ester groups is 3. The number of nitrogen functional groups attached to an aromatic ring is 1. The summed E-state index contributed by atoms with van der Waals surface area (Å²) in [5.41, 5.74) is 1.93. The number of aliphatic hydroxyl groups is 2. The van der Waals surface area contributed by atoms with Crippen LogP contribution in [-0.4, -0.2) is 109 Å². The number of carboxylic acids is 1. The maximum atomic E-state index is 12.5. The molecule has 2 aromatic heterocycles. The third kappa shape index (κ3) is 13.1. The van der Waals surface area contributed by atoms with E-state index < -0.39 is 90.0 Å². The number of amides is 2. The smallest absolute Gasteiger partial charge is 0.303 e. The Labute approximate surface area is 311 Å². The Morgan fingerprint density at radius 1 is 1.02 bits per heavy atom. The third-order valence-electron chi connectivity index (χ3n) is 7.88. The van der Waals surface area contributed by atoms with E-state index in [1.54, 1.807) is 0 Å². The zero-order valence-electron chi connectivity index (χ0n) is 29.2. The first-order valence-electron chi connectivity index (χ1n) is 15.9. The highest BCUT2D eigenvalue weighted by Crippen LogP contribution is 2.56. The fourth-order valence-electron chi connectivity index (χ4n) is 4.94. The number of nitrogens with two attached hydrogens (primary N) is 1. The van der Waals surface area contributed by atoms with Crippen LogP contribution < -0.4 is 35.9 Å². The van der Waals surface area contributed by atoms with E-state index in [0.29, 0.717) is 0 Å². The van der Waals surface area contributed by atoms with Gasteiger partial charge in [0.2, 0.25) is 11.8 Å². The summed E-state index contributed by atoms with van der Waals surface area (Å²) in [4.78, 5) is 106. The number of nitrogens with zero attached hydrogens (tertiary/aromatic N) is 4. The van der Waals surface area contributed by atoms with E-state index in [-0.39, 0.29) is 61.5 Å². The van der Waals surface area contributed by atoms with Gasteiger partial charge in [0.25, 0.3) is 15.6 Å². The van der Waals surface area contributed by atoms with E-state index in [1.807, 2.05) is 0 Å². The van der Waals surface area contributed by atoms with Crippen molar-refractivity contribution in [1.82, 2.24) is 30.2 Å². The number of carbonyl (C=O) groups excluding carboxylic acids is 3. The van der Waals surface area contributed by atoms with Crippen molar-refractivity contribution >= 4 is 64.0 Å². The second kappa shape index (κ2) is 18.3. The molecular weight excluding hydrogens is 807 g/mol. The number of hydrogen-bond donors (Lipinski definition) is 6. The van der Waals surface area contributed by atoms with Crippen molar-refractivity contribution in [1.29, 1.82) is 0 Å². The number of ether oxygens (including phenoxy) is 1. The molecule has 1 aliphatic rings. The number of aliphatic hydroxyl groups excluding tert-OH is 2. The van der Waals surface area contributed by atoms with Gasteiger partial charge in [-0.25, -0.2) is 19.3 Å². The number of fused-ring (bicyclic) bond motifs is 1. The van der Waals surface area contributed by atoms with E-state index in [9.17, 15) is 62.7 Å². The molecule has 1 saturated heterocycles. The van der Waals surface area contributed by atoms with Gasteiger partial charge in [0.1, 0.15) is 42.0 Å². The summed E-state index contributed by atoms with van der Waals surface area (Å²) < 4.78 is 60.8. The SMILES string of the molecule is CC(C)(COP(=O)([O-])OP(=O)([O-])OCC1OC(C)(n2cnc3c(N)ncnc32)C(O)C1OP(=O)([O-])[O-])C(O)C(=O)NCCC(=O)NCCC(=O)CCC(=O)O. The second-order valence-electron chi connectivity index (χ2n) is 12.7. The van der Waals surface area contributed by atoms with Crippen molar-refractivity contribution in [2.75, 3.05) is 32.0 Å². The van der Waals surface area contributed by atoms with E-state index in [0.717, 1.165) is 38.0 Å². The molecule has 0 aromatic carbocycles. The summed E-state index contributed by atoms with van der Waals surface area (Å²) in [6.45, 7) is 0.762. The molecule has 3 heterocycles. The van der Waals surface area contributed by atoms with Crippen LogP contribution in [0.1, 0.15) is 46.5 Å². The van der Waals surface area contributed by atoms with Crippen LogP contribution in [0.2, 0.25) is 0 Å². The number of phosphoric acid groups is 3. The average Bonchev–Trinajstić information content (AvgIpc) is 3.61. The Bertz CT molecular complexity index is 1870. The lowest BCUT2D eigenvalue weighted by Crippen LogP contribution is -2.46. The van der Waals surface area contributed by atoms with Gasteiger partial charge in [-0.1, -0.05) is 13.8 Å². The minimum atomic E-state index is -5.95. The van der Waals surface area contributed by atoms with Gasteiger partial charge in [0.05, 0.1) is 33.8 Å². The first-order valence-corrected chi connectivity index (χ1v) is 20.2. The molecule has 310 valence electrons. The maximum absolute atomic E-state index is 12.5. The third-order valence-corrected chi connectivity index (χ3v) is 10.9. The van der Waals surface area contributed by atoms with Crippen LogP contribution in [0.3, 0.4) is 0 Å². The lowest BCUT2D eigenvalue weighted by Gasteiger charge is -2.36. The number of carbonyl (C=O) groups is 4. The number of carboxylic acid groups (broad SMARTS) is 1. The van der Waals surface area contributed by atoms with Gasteiger partial charge in [-0.15, -0.1) is 0 Å². The molecule has 3 rings (SSSR count). The van der Waals surface area contributed by atoms with Gasteiger partial charge >= 0.3 is 5.97 Å². The van der Waals surface area contributed by atoms with E-state index >= 15 is 0 Å². The quantitative estimate of drug-likeness (QED) is 0.0613. The first kappa shape index (κ1) is 46.1. The lowest BCUT2D eigenvalue weighted by molar-refractivity contribution is -0.347. The standard InChI is InChI=1S/C26H42N7O19P3/c1-25(2,21(39)24(40)29-9-7-16(35)28-8-6-14(34)4-5-17(36)37)11-49-55(46,47)52-54(44,45)48-10-15-19(51-53(41,42)43)20(38)26(3,50-15)33-13-32-18-22(27)30-12-31-23(18)33/h12-13,15,19-21,38-39H,4-11H2,1-3H3,(H,28,35)(H,29,40)(H,36,37)(H,44,45)(H,46,47)(H2,27,30,31)(H2,41,42,43)/p-4. The lowest BCUT2D eigenvalue weighted by atomic mass is 9.87. The Balaban J connectivity index is 1.54. The fourth-order valence-corrected chi connectivity index (χ4v) is 7.67. The molecule has 0 aliphatic carbocycles. The highest BCUT2D eigenvalue weighted by Gasteiger charge is 2.55. The average molecular weight is 846 g/mol. The molecule has 7 unspecified atom stereocenters. The highest BCUT2D eigenvalue weighted by molar-refractivity contribution is 7.59. The predicted molar refractivity (Wildman–Crippen MR) is 172 cm³/mol. The molecule has 0 bridgehead atoms. The number of Topliss-reactive ketones (excluding diaryl/α,β-unsaturated/α-hetero) is 1. The largest absolute Gasteiger partial charge is 0.790 e. The molecule has 0 spiro atoms. The van der Waals surface area contributed by atoms with Gasteiger partial charge < -0.3 is 74.1 Å². The van der Waals surface area contributed by atoms with Crippen molar-refractivity contribution in [2.24, 2.45) is 5.41 Å². The number of hydrogen-bond acceptors (Lipinski definition) is 22. The number of ketones is 1. The molecule has 1 fully saturated rings. The fraction of sp³-hybridized carbons (Fsp3) is 0.654. The summed E-state index contributed by atoms with van der Waals surface area (Å²) >= 11 is 0. The van der Waals surface area contributed by atoms with Crippen LogP contribution in [0.25, 0.3) is 11.2 Å². The predicted octanol–water partition coefficient (Wildman–Crippen LogP) is -4.12. The number of aromatic nitrogens is 4. The molecule has 7 N–H and O–H groups in total. The van der Waals surface area contributed by atoms with Crippen molar-refractivity contribution in [2.45, 2.75) is 76.6 Å². The van der Waals surface area contributed by atoms with Crippen molar-refractivity contribution in [3.05, 3.63) is 12.7 Å². The number of anilines is 1. The molecule has 2 amide bonds. The number of aliphatic carboxylic acids is 1. The minimum absolute atomic E-state index is 0.0236. The maximum Gasteiger partial charge on any atom is 0.303 e. The van der Waals surface area contributed by atoms with E-state index in [4.69, 9.17) is 15.6 Å². The van der Waals surface area contributed by atoms with Crippen LogP contribution in [0.4, 0.5) is 5.82 Å². The summed E-state index contributed by atoms with van der Waals surface area (Å²) in [5.74, 6) is -3.28. The molecule has 29 heteroatoms. The molecule has 55 heavy (non-hydrogen) atoms. The van der Waals surface area contributed by atoms with Crippen LogP contribution in [0.15, 0.2) is 12.7 Å². The molecule has 7 atom stereocenters. The number of nitrogens with one attached hydrogen (secondary N) is 2. The molecule has 0 saturated carbocycles. The van der Waals surface area contributed by atoms with Crippen LogP contribution >= 0.6 is 23.5 Å².